The van der Waals surface area contributed by atoms with Gasteiger partial charge in [-0.05, 0) is 24.6 Å². The number of aromatic amines is 1. The van der Waals surface area contributed by atoms with E-state index < -0.39 is 11.7 Å². The number of halogens is 2. The predicted octanol–water partition coefficient (Wildman–Crippen LogP) is 3.05. The fourth-order valence-corrected chi connectivity index (χ4v) is 4.79. The van der Waals surface area contributed by atoms with Gasteiger partial charge in [0.05, 0.1) is 53.7 Å². The third kappa shape index (κ3) is 3.28. The molecular formula is C22H21ClFN7O2. The SMILES string of the molecule is Cc1nn(CCO)c2c1-c1cnc3n[nH]c(c3n1)[C@H](C)c1c(ccc(F)c1Cl)C(=O)N(C)C2. The van der Waals surface area contributed by atoms with Crippen molar-refractivity contribution >= 4 is 28.7 Å². The second-order valence-electron chi connectivity index (χ2n) is 8.12. The summed E-state index contributed by atoms with van der Waals surface area (Å²) in [6.07, 6.45) is 1.61. The van der Waals surface area contributed by atoms with E-state index in [1.165, 1.54) is 17.0 Å². The number of carbonyl (C=O) groups excluding carboxylic acids is 1. The molecule has 0 saturated heterocycles. The van der Waals surface area contributed by atoms with Crippen molar-refractivity contribution in [2.75, 3.05) is 13.7 Å². The zero-order valence-electron chi connectivity index (χ0n) is 18.2. The summed E-state index contributed by atoms with van der Waals surface area (Å²) in [5.41, 5.74) is 4.85. The Morgan fingerprint density at radius 2 is 2.15 bits per heavy atom. The number of aliphatic hydroxyl groups is 1. The van der Waals surface area contributed by atoms with Crippen LogP contribution in [0.3, 0.4) is 0 Å². The van der Waals surface area contributed by atoms with Gasteiger partial charge in [-0.1, -0.05) is 18.5 Å². The molecule has 2 N–H and O–H groups in total. The van der Waals surface area contributed by atoms with Crippen LogP contribution in [0.5, 0.6) is 0 Å². The van der Waals surface area contributed by atoms with Crippen molar-refractivity contribution in [2.45, 2.75) is 32.9 Å². The third-order valence-corrected chi connectivity index (χ3v) is 6.44. The minimum Gasteiger partial charge on any atom is -0.394 e. The normalized spacial score (nSPS) is 16.0. The number of nitrogens with one attached hydrogen (secondary N) is 1. The molecule has 9 nitrogen and oxygen atoms in total. The van der Waals surface area contributed by atoms with Gasteiger partial charge in [0, 0.05) is 24.1 Å². The Hall–Kier alpha value is -3.37. The molecule has 1 aromatic carbocycles. The van der Waals surface area contributed by atoms with Crippen molar-refractivity contribution in [3.05, 3.63) is 57.4 Å². The second-order valence-corrected chi connectivity index (χ2v) is 8.50. The molecule has 5 rings (SSSR count). The van der Waals surface area contributed by atoms with Gasteiger partial charge >= 0.3 is 0 Å². The van der Waals surface area contributed by atoms with E-state index in [1.807, 2.05) is 13.8 Å². The van der Waals surface area contributed by atoms with Crippen LogP contribution in [-0.4, -0.2) is 59.5 Å². The van der Waals surface area contributed by atoms with Gasteiger partial charge in [-0.25, -0.2) is 14.4 Å². The number of aryl methyl sites for hydroxylation is 1. The van der Waals surface area contributed by atoms with Crippen molar-refractivity contribution < 1.29 is 14.3 Å². The van der Waals surface area contributed by atoms with Gasteiger partial charge in [-0.3, -0.25) is 14.6 Å². The average molecular weight is 470 g/mol. The van der Waals surface area contributed by atoms with Gasteiger partial charge in [-0.2, -0.15) is 10.2 Å². The Balaban J connectivity index is 1.85. The van der Waals surface area contributed by atoms with E-state index in [0.717, 1.165) is 5.56 Å². The van der Waals surface area contributed by atoms with Crippen LogP contribution in [-0.2, 0) is 13.1 Å². The fourth-order valence-electron chi connectivity index (χ4n) is 4.46. The molecule has 11 heteroatoms. The van der Waals surface area contributed by atoms with Crippen LogP contribution < -0.4 is 0 Å². The molecule has 4 aromatic rings. The summed E-state index contributed by atoms with van der Waals surface area (Å²) < 4.78 is 16.2. The number of rotatable bonds is 2. The zero-order valence-corrected chi connectivity index (χ0v) is 19.0. The van der Waals surface area contributed by atoms with Crippen LogP contribution >= 0.6 is 11.6 Å². The molecule has 1 atom stereocenters. The average Bonchev–Trinajstić information content (AvgIpc) is 3.34. The maximum atomic E-state index is 14.5. The third-order valence-electron chi connectivity index (χ3n) is 6.05. The highest BCUT2D eigenvalue weighted by atomic mass is 35.5. The largest absolute Gasteiger partial charge is 0.394 e. The fraction of sp³-hybridized carbons (Fsp3) is 0.318. The molecule has 2 bridgehead atoms. The molecule has 0 radical (unpaired) electrons. The summed E-state index contributed by atoms with van der Waals surface area (Å²) in [4.78, 5) is 24.4. The maximum Gasteiger partial charge on any atom is 0.254 e. The summed E-state index contributed by atoms with van der Waals surface area (Å²) in [6.45, 7) is 4.01. The number of fused-ring (bicyclic) bond motifs is 4. The lowest BCUT2D eigenvalue weighted by Gasteiger charge is -2.23. The Bertz CT molecular complexity index is 1410. The molecular weight excluding hydrogens is 449 g/mol. The lowest BCUT2D eigenvalue weighted by molar-refractivity contribution is 0.0780. The standard InChI is InChI=1S/C22H21ClFN7O2/c1-10-16-12(4-5-13(24)18(16)23)22(33)30(3)9-15-17(11(2)29-31(15)6-7-32)14-8-25-21-20(26-14)19(10)27-28-21/h4-5,8,10,32H,6-7,9H2,1-3H3,(H,25,27,28)/t10-/m1/s1. The Morgan fingerprint density at radius 1 is 1.36 bits per heavy atom. The highest BCUT2D eigenvalue weighted by Crippen LogP contribution is 2.38. The Labute approximate surface area is 193 Å². The summed E-state index contributed by atoms with van der Waals surface area (Å²) in [5, 5.41) is 21.2. The molecule has 0 aliphatic carbocycles. The highest BCUT2D eigenvalue weighted by molar-refractivity contribution is 6.32. The van der Waals surface area contributed by atoms with Crippen molar-refractivity contribution in [2.24, 2.45) is 0 Å². The predicted molar refractivity (Wildman–Crippen MR) is 119 cm³/mol. The number of carbonyl (C=O) groups is 1. The van der Waals surface area contributed by atoms with Crippen LogP contribution in [0.25, 0.3) is 22.4 Å². The number of hydrogen-bond donors (Lipinski definition) is 2. The molecule has 3 aromatic heterocycles. The molecule has 0 unspecified atom stereocenters. The van der Waals surface area contributed by atoms with E-state index in [1.54, 1.807) is 17.9 Å². The van der Waals surface area contributed by atoms with Gasteiger partial charge in [0.2, 0.25) is 0 Å². The van der Waals surface area contributed by atoms with E-state index in [0.29, 0.717) is 39.5 Å². The number of hydrogen-bond acceptors (Lipinski definition) is 6. The first-order valence-corrected chi connectivity index (χ1v) is 10.8. The molecule has 4 heterocycles. The highest BCUT2D eigenvalue weighted by Gasteiger charge is 2.30. The van der Waals surface area contributed by atoms with Gasteiger partial charge in [0.1, 0.15) is 11.3 Å². The molecule has 1 amide bonds. The van der Waals surface area contributed by atoms with Crippen LogP contribution in [0.4, 0.5) is 4.39 Å². The lowest BCUT2D eigenvalue weighted by Crippen LogP contribution is -2.29. The van der Waals surface area contributed by atoms with Gasteiger partial charge < -0.3 is 10.0 Å². The number of amides is 1. The van der Waals surface area contributed by atoms with Crippen molar-refractivity contribution in [1.29, 1.82) is 0 Å². The number of benzene rings is 1. The molecule has 0 fully saturated rings. The van der Waals surface area contributed by atoms with Crippen LogP contribution in [0, 0.1) is 12.7 Å². The van der Waals surface area contributed by atoms with E-state index >= 15 is 0 Å². The lowest BCUT2D eigenvalue weighted by atomic mass is 9.91. The second kappa shape index (κ2) is 7.89. The van der Waals surface area contributed by atoms with Crippen LogP contribution in [0.1, 0.15) is 45.8 Å². The molecule has 1 aliphatic heterocycles. The minimum absolute atomic E-state index is 0.114. The first kappa shape index (κ1) is 21.5. The van der Waals surface area contributed by atoms with E-state index in [2.05, 4.69) is 20.3 Å². The smallest absolute Gasteiger partial charge is 0.254 e. The quantitative estimate of drug-likeness (QED) is 0.466. The first-order valence-electron chi connectivity index (χ1n) is 10.4. The minimum atomic E-state index is -0.612. The Kier molecular flexibility index (Phi) is 5.13. The topological polar surface area (TPSA) is 113 Å². The van der Waals surface area contributed by atoms with Crippen molar-refractivity contribution in [3.63, 3.8) is 0 Å². The maximum absolute atomic E-state index is 14.5. The first-order chi connectivity index (χ1) is 15.8. The van der Waals surface area contributed by atoms with Crippen molar-refractivity contribution in [3.8, 4) is 11.3 Å². The van der Waals surface area contributed by atoms with Crippen LogP contribution in [0.2, 0.25) is 5.02 Å². The van der Waals surface area contributed by atoms with Gasteiger partial charge in [0.25, 0.3) is 5.91 Å². The molecule has 1 aliphatic rings. The summed E-state index contributed by atoms with van der Waals surface area (Å²) in [6, 6.07) is 2.64. The van der Waals surface area contributed by atoms with E-state index in [-0.39, 0.29) is 36.2 Å². The molecule has 170 valence electrons. The van der Waals surface area contributed by atoms with E-state index in [4.69, 9.17) is 16.6 Å². The number of H-pyrrole nitrogens is 1. The number of aliphatic hydroxyl groups excluding tert-OH is 1. The zero-order chi connectivity index (χ0) is 23.4. The van der Waals surface area contributed by atoms with Crippen molar-refractivity contribution in [1.82, 2.24) is 34.8 Å². The Morgan fingerprint density at radius 3 is 2.91 bits per heavy atom. The summed E-state index contributed by atoms with van der Waals surface area (Å²) >= 11 is 6.39. The monoisotopic (exact) mass is 469 g/mol. The number of nitrogens with zero attached hydrogens (tertiary/aromatic N) is 6. The number of aromatic nitrogens is 6. The molecule has 0 spiro atoms. The molecule has 0 saturated carbocycles. The van der Waals surface area contributed by atoms with Crippen LogP contribution in [0.15, 0.2) is 18.3 Å². The summed E-state index contributed by atoms with van der Waals surface area (Å²) in [7, 11) is 1.66. The van der Waals surface area contributed by atoms with Gasteiger partial charge in [-0.15, -0.1) is 0 Å². The van der Waals surface area contributed by atoms with Gasteiger partial charge in [0.15, 0.2) is 5.65 Å². The summed E-state index contributed by atoms with van der Waals surface area (Å²) in [5.74, 6) is -1.43. The molecule has 33 heavy (non-hydrogen) atoms. The van der Waals surface area contributed by atoms with E-state index in [9.17, 15) is 14.3 Å².